The van der Waals surface area contributed by atoms with Crippen LogP contribution in [0.1, 0.15) is 15.5 Å². The molecule has 8 heteroatoms. The van der Waals surface area contributed by atoms with Crippen molar-refractivity contribution < 1.29 is 14.3 Å². The number of nitrogens with one attached hydrogen (secondary N) is 1. The van der Waals surface area contributed by atoms with E-state index >= 15 is 0 Å². The molecule has 0 aliphatic carbocycles. The van der Waals surface area contributed by atoms with Crippen LogP contribution in [-0.4, -0.2) is 33.8 Å². The van der Waals surface area contributed by atoms with Crippen LogP contribution in [0.5, 0.6) is 0 Å². The molecule has 1 amide bonds. The number of thiazole rings is 1. The van der Waals surface area contributed by atoms with Gasteiger partial charge in [-0.25, -0.2) is 4.98 Å². The van der Waals surface area contributed by atoms with Gasteiger partial charge in [0.1, 0.15) is 12.2 Å². The fraction of sp³-hybridized carbons (Fsp3) is 0.273. The van der Waals surface area contributed by atoms with Gasteiger partial charge in [0, 0.05) is 11.6 Å². The maximum Gasteiger partial charge on any atom is 0.327 e. The van der Waals surface area contributed by atoms with Gasteiger partial charge in [-0.2, -0.15) is 5.10 Å². The lowest BCUT2D eigenvalue weighted by Gasteiger charge is -1.99. The average molecular weight is 280 g/mol. The van der Waals surface area contributed by atoms with Crippen LogP contribution in [0, 0.1) is 6.92 Å². The summed E-state index contributed by atoms with van der Waals surface area (Å²) in [5.41, 5.74) is 0.864. The summed E-state index contributed by atoms with van der Waals surface area (Å²) in [6.07, 6.45) is 3.01. The van der Waals surface area contributed by atoms with Crippen molar-refractivity contribution in [2.75, 3.05) is 12.4 Å². The normalized spacial score (nSPS) is 10.2. The van der Waals surface area contributed by atoms with Crippen LogP contribution in [-0.2, 0) is 16.1 Å². The van der Waals surface area contributed by atoms with Crippen LogP contribution in [0.4, 0.5) is 5.69 Å². The van der Waals surface area contributed by atoms with E-state index in [1.54, 1.807) is 11.6 Å². The summed E-state index contributed by atoms with van der Waals surface area (Å²) in [6.45, 7) is 1.83. The van der Waals surface area contributed by atoms with Gasteiger partial charge in [0.05, 0.1) is 24.0 Å². The largest absolute Gasteiger partial charge is 0.468 e. The summed E-state index contributed by atoms with van der Waals surface area (Å²) in [7, 11) is 1.30. The minimum absolute atomic E-state index is 0.00216. The van der Waals surface area contributed by atoms with Crippen LogP contribution < -0.4 is 5.32 Å². The number of esters is 1. The molecule has 2 aromatic heterocycles. The first kappa shape index (κ1) is 13.2. The second-order valence-electron chi connectivity index (χ2n) is 3.71. The first-order valence-corrected chi connectivity index (χ1v) is 6.29. The minimum Gasteiger partial charge on any atom is -0.468 e. The van der Waals surface area contributed by atoms with Crippen molar-refractivity contribution in [1.29, 1.82) is 0 Å². The third-order valence-electron chi connectivity index (χ3n) is 2.26. The number of hydrogen-bond donors (Lipinski definition) is 1. The Morgan fingerprint density at radius 3 is 2.95 bits per heavy atom. The smallest absolute Gasteiger partial charge is 0.327 e. The maximum atomic E-state index is 11.8. The summed E-state index contributed by atoms with van der Waals surface area (Å²) < 4.78 is 5.90. The Morgan fingerprint density at radius 1 is 1.53 bits per heavy atom. The van der Waals surface area contributed by atoms with Gasteiger partial charge in [-0.15, -0.1) is 11.3 Å². The van der Waals surface area contributed by atoms with E-state index in [9.17, 15) is 9.59 Å². The number of carbonyl (C=O) groups is 2. The van der Waals surface area contributed by atoms with Crippen molar-refractivity contribution in [3.63, 3.8) is 0 Å². The van der Waals surface area contributed by atoms with Crippen molar-refractivity contribution in [2.24, 2.45) is 0 Å². The lowest BCUT2D eigenvalue weighted by Crippen LogP contribution is -2.13. The van der Waals surface area contributed by atoms with Gasteiger partial charge >= 0.3 is 5.97 Å². The molecule has 0 radical (unpaired) electrons. The van der Waals surface area contributed by atoms with E-state index in [1.165, 1.54) is 29.3 Å². The molecule has 0 saturated carbocycles. The molecule has 2 rings (SSSR count). The van der Waals surface area contributed by atoms with Gasteiger partial charge < -0.3 is 10.1 Å². The van der Waals surface area contributed by atoms with Crippen LogP contribution >= 0.6 is 11.3 Å². The van der Waals surface area contributed by atoms with Crippen LogP contribution in [0.15, 0.2) is 17.8 Å². The number of hydrogen-bond acceptors (Lipinski definition) is 6. The number of nitrogens with zero attached hydrogens (tertiary/aromatic N) is 3. The van der Waals surface area contributed by atoms with E-state index in [-0.39, 0.29) is 12.5 Å². The number of ether oxygens (including phenoxy) is 1. The summed E-state index contributed by atoms with van der Waals surface area (Å²) in [4.78, 5) is 27.0. The number of rotatable bonds is 4. The van der Waals surface area contributed by atoms with Gasteiger partial charge in [-0.1, -0.05) is 0 Å². The molecular weight excluding hydrogens is 268 g/mol. The summed E-state index contributed by atoms with van der Waals surface area (Å²) in [5.74, 6) is -0.710. The Kier molecular flexibility index (Phi) is 3.91. The Balaban J connectivity index is 2.00. The maximum absolute atomic E-state index is 11.8. The summed E-state index contributed by atoms with van der Waals surface area (Å²) >= 11 is 1.41. The number of aromatic nitrogens is 3. The molecule has 1 N–H and O–H groups in total. The average Bonchev–Trinajstić information content (AvgIpc) is 2.98. The fourth-order valence-electron chi connectivity index (χ4n) is 1.37. The molecule has 0 atom stereocenters. The Bertz CT molecular complexity index is 605. The first-order valence-electron chi connectivity index (χ1n) is 5.41. The number of anilines is 1. The number of aryl methyl sites for hydroxylation is 1. The zero-order chi connectivity index (χ0) is 13.8. The van der Waals surface area contributed by atoms with Crippen LogP contribution in [0.25, 0.3) is 0 Å². The topological polar surface area (TPSA) is 86.1 Å². The second-order valence-corrected chi connectivity index (χ2v) is 4.77. The number of methoxy groups -OCH3 is 1. The molecule has 7 nitrogen and oxygen atoms in total. The predicted molar refractivity (Wildman–Crippen MR) is 69.0 cm³/mol. The quantitative estimate of drug-likeness (QED) is 0.847. The van der Waals surface area contributed by atoms with Gasteiger partial charge in [-0.3, -0.25) is 14.3 Å². The molecule has 0 aliphatic heterocycles. The first-order chi connectivity index (χ1) is 9.08. The SMILES string of the molecule is COC(=O)Cn1cc(NC(=O)c2csc(C)n2)cn1. The third kappa shape index (κ3) is 3.38. The van der Waals surface area contributed by atoms with Crippen molar-refractivity contribution in [3.05, 3.63) is 28.5 Å². The Labute approximate surface area is 113 Å². The summed E-state index contributed by atoms with van der Waals surface area (Å²) in [6, 6.07) is 0. The standard InChI is InChI=1S/C11H12N4O3S/c1-7-13-9(6-19-7)11(17)14-8-3-12-15(4-8)5-10(16)18-2/h3-4,6H,5H2,1-2H3,(H,14,17). The van der Waals surface area contributed by atoms with Gasteiger partial charge in [0.15, 0.2) is 0 Å². The van der Waals surface area contributed by atoms with E-state index in [0.717, 1.165) is 5.01 Å². The number of carbonyl (C=O) groups excluding carboxylic acids is 2. The highest BCUT2D eigenvalue weighted by Crippen LogP contribution is 2.11. The lowest BCUT2D eigenvalue weighted by atomic mass is 10.4. The minimum atomic E-state index is -0.406. The molecule has 100 valence electrons. The molecule has 19 heavy (non-hydrogen) atoms. The molecule has 0 spiro atoms. The molecule has 0 fully saturated rings. The van der Waals surface area contributed by atoms with E-state index in [1.807, 2.05) is 6.92 Å². The molecule has 0 saturated heterocycles. The highest BCUT2D eigenvalue weighted by Gasteiger charge is 2.11. The van der Waals surface area contributed by atoms with E-state index < -0.39 is 5.97 Å². The fourth-order valence-corrected chi connectivity index (χ4v) is 1.97. The zero-order valence-corrected chi connectivity index (χ0v) is 11.2. The molecule has 0 bridgehead atoms. The highest BCUT2D eigenvalue weighted by molar-refractivity contribution is 7.09. The van der Waals surface area contributed by atoms with E-state index in [2.05, 4.69) is 20.1 Å². The molecule has 2 aromatic rings. The Hall–Kier alpha value is -2.22. The lowest BCUT2D eigenvalue weighted by molar-refractivity contribution is -0.141. The molecule has 2 heterocycles. The molecule has 0 unspecified atom stereocenters. The second kappa shape index (κ2) is 5.61. The predicted octanol–water partition coefficient (Wildman–Crippen LogP) is 1.07. The zero-order valence-electron chi connectivity index (χ0n) is 10.4. The van der Waals surface area contributed by atoms with Crippen molar-refractivity contribution in [3.8, 4) is 0 Å². The van der Waals surface area contributed by atoms with Gasteiger partial charge in [0.25, 0.3) is 5.91 Å². The van der Waals surface area contributed by atoms with Crippen molar-refractivity contribution in [1.82, 2.24) is 14.8 Å². The van der Waals surface area contributed by atoms with Crippen LogP contribution in [0.3, 0.4) is 0 Å². The summed E-state index contributed by atoms with van der Waals surface area (Å²) in [5, 5.41) is 9.10. The third-order valence-corrected chi connectivity index (χ3v) is 3.04. The van der Waals surface area contributed by atoms with E-state index in [0.29, 0.717) is 11.4 Å². The molecular formula is C11H12N4O3S. The monoisotopic (exact) mass is 280 g/mol. The van der Waals surface area contributed by atoms with Gasteiger partial charge in [0.2, 0.25) is 0 Å². The van der Waals surface area contributed by atoms with Crippen molar-refractivity contribution >= 4 is 28.9 Å². The number of amides is 1. The highest BCUT2D eigenvalue weighted by atomic mass is 32.1. The van der Waals surface area contributed by atoms with Crippen LogP contribution in [0.2, 0.25) is 0 Å². The molecule has 0 aliphatic rings. The van der Waals surface area contributed by atoms with Crippen molar-refractivity contribution in [2.45, 2.75) is 13.5 Å². The van der Waals surface area contributed by atoms with Gasteiger partial charge in [-0.05, 0) is 6.92 Å². The Morgan fingerprint density at radius 2 is 2.32 bits per heavy atom. The molecule has 0 aromatic carbocycles. The van der Waals surface area contributed by atoms with E-state index in [4.69, 9.17) is 0 Å².